The Hall–Kier alpha value is -1.59. The second-order valence-electron chi connectivity index (χ2n) is 5.12. The highest BCUT2D eigenvalue weighted by molar-refractivity contribution is 5.47. The number of aliphatic hydroxyl groups is 1. The van der Waals surface area contributed by atoms with E-state index >= 15 is 0 Å². The predicted octanol–water partition coefficient (Wildman–Crippen LogP) is 0.939. The zero-order valence-corrected chi connectivity index (χ0v) is 11.8. The lowest BCUT2D eigenvalue weighted by Gasteiger charge is -2.27. The van der Waals surface area contributed by atoms with Crippen LogP contribution >= 0.6 is 0 Å². The molecule has 0 spiro atoms. The van der Waals surface area contributed by atoms with E-state index in [0.717, 1.165) is 24.4 Å². The number of aliphatic hydroxyl groups excluding tert-OH is 1. The van der Waals surface area contributed by atoms with Crippen molar-refractivity contribution in [2.45, 2.75) is 25.0 Å². The summed E-state index contributed by atoms with van der Waals surface area (Å²) in [5.74, 6) is 0.750. The average Bonchev–Trinajstić information content (AvgIpc) is 2.99. The van der Waals surface area contributed by atoms with Gasteiger partial charge in [0.25, 0.3) is 0 Å². The molecule has 1 aromatic carbocycles. The first kappa shape index (κ1) is 14.8. The molecule has 1 fully saturated rings. The fourth-order valence-electron chi connectivity index (χ4n) is 2.61. The molecule has 0 saturated carbocycles. The maximum absolute atomic E-state index is 10.8. The number of nitrogens with zero attached hydrogens (tertiary/aromatic N) is 1. The molecule has 20 heavy (non-hydrogen) atoms. The van der Waals surface area contributed by atoms with Gasteiger partial charge in [0, 0.05) is 6.54 Å². The number of methoxy groups -OCH3 is 1. The molecule has 0 aliphatic carbocycles. The van der Waals surface area contributed by atoms with Crippen LogP contribution < -0.4 is 10.1 Å². The van der Waals surface area contributed by atoms with Gasteiger partial charge < -0.3 is 20.1 Å². The number of carbonyl (C=O) groups is 1. The molecule has 2 atom stereocenters. The molecule has 2 N–H and O–H groups in total. The van der Waals surface area contributed by atoms with Gasteiger partial charge >= 0.3 is 0 Å². The molecular weight excluding hydrogens is 256 g/mol. The van der Waals surface area contributed by atoms with Crippen molar-refractivity contribution < 1.29 is 14.6 Å². The third-order valence-corrected chi connectivity index (χ3v) is 3.77. The summed E-state index contributed by atoms with van der Waals surface area (Å²) in [6, 6.07) is 6.98. The number of hydrogen-bond donors (Lipinski definition) is 2. The number of ether oxygens (including phenoxy) is 1. The molecule has 110 valence electrons. The monoisotopic (exact) mass is 278 g/mol. The van der Waals surface area contributed by atoms with Gasteiger partial charge in [0.05, 0.1) is 13.2 Å². The SMILES string of the molecule is COc1ccc([C@@H](O)[C@@H](CN2CCCC2)NC=O)cc1. The molecule has 5 heteroatoms. The smallest absolute Gasteiger partial charge is 0.207 e. The molecule has 2 rings (SSSR count). The summed E-state index contributed by atoms with van der Waals surface area (Å²) in [7, 11) is 1.61. The van der Waals surface area contributed by atoms with Gasteiger partial charge in [-0.25, -0.2) is 0 Å². The Morgan fingerprint density at radius 1 is 1.35 bits per heavy atom. The lowest BCUT2D eigenvalue weighted by atomic mass is 10.0. The van der Waals surface area contributed by atoms with E-state index in [1.165, 1.54) is 12.8 Å². The van der Waals surface area contributed by atoms with Gasteiger partial charge in [0.15, 0.2) is 0 Å². The number of likely N-dealkylation sites (tertiary alicyclic amines) is 1. The van der Waals surface area contributed by atoms with E-state index in [2.05, 4.69) is 10.2 Å². The largest absolute Gasteiger partial charge is 0.497 e. The van der Waals surface area contributed by atoms with Crippen LogP contribution in [0.2, 0.25) is 0 Å². The van der Waals surface area contributed by atoms with Gasteiger partial charge in [-0.05, 0) is 43.6 Å². The number of nitrogens with one attached hydrogen (secondary N) is 1. The predicted molar refractivity (Wildman–Crippen MR) is 76.6 cm³/mol. The van der Waals surface area contributed by atoms with Gasteiger partial charge in [-0.2, -0.15) is 0 Å². The van der Waals surface area contributed by atoms with E-state index < -0.39 is 6.10 Å². The second kappa shape index (κ2) is 7.26. The minimum Gasteiger partial charge on any atom is -0.497 e. The molecule has 0 radical (unpaired) electrons. The fourth-order valence-corrected chi connectivity index (χ4v) is 2.61. The van der Waals surface area contributed by atoms with E-state index in [1.54, 1.807) is 7.11 Å². The fraction of sp³-hybridized carbons (Fsp3) is 0.533. The molecule has 1 aliphatic heterocycles. The van der Waals surface area contributed by atoms with E-state index in [1.807, 2.05) is 24.3 Å². The first-order valence-corrected chi connectivity index (χ1v) is 6.98. The quantitative estimate of drug-likeness (QED) is 0.729. The van der Waals surface area contributed by atoms with Gasteiger partial charge in [-0.3, -0.25) is 4.79 Å². The van der Waals surface area contributed by atoms with Crippen LogP contribution in [0.4, 0.5) is 0 Å². The summed E-state index contributed by atoms with van der Waals surface area (Å²) >= 11 is 0. The Morgan fingerprint density at radius 2 is 2.00 bits per heavy atom. The van der Waals surface area contributed by atoms with E-state index in [9.17, 15) is 9.90 Å². The van der Waals surface area contributed by atoms with Crippen molar-refractivity contribution in [1.82, 2.24) is 10.2 Å². The molecule has 1 saturated heterocycles. The van der Waals surface area contributed by atoms with Gasteiger partial charge in [0.2, 0.25) is 6.41 Å². The lowest BCUT2D eigenvalue weighted by Crippen LogP contribution is -2.43. The molecule has 1 aromatic rings. The molecule has 0 bridgehead atoms. The maximum atomic E-state index is 10.8. The first-order valence-electron chi connectivity index (χ1n) is 6.98. The van der Waals surface area contributed by atoms with Crippen molar-refractivity contribution in [2.75, 3.05) is 26.7 Å². The van der Waals surface area contributed by atoms with Crippen LogP contribution in [0, 0.1) is 0 Å². The molecule has 0 aromatic heterocycles. The summed E-state index contributed by atoms with van der Waals surface area (Å²) in [6.45, 7) is 2.74. The van der Waals surface area contributed by atoms with Crippen molar-refractivity contribution >= 4 is 6.41 Å². The van der Waals surface area contributed by atoms with Crippen LogP contribution in [-0.2, 0) is 4.79 Å². The number of benzene rings is 1. The van der Waals surface area contributed by atoms with Crippen molar-refractivity contribution in [3.05, 3.63) is 29.8 Å². The maximum Gasteiger partial charge on any atom is 0.207 e. The van der Waals surface area contributed by atoms with Crippen LogP contribution in [0.15, 0.2) is 24.3 Å². The summed E-state index contributed by atoms with van der Waals surface area (Å²) in [5.41, 5.74) is 0.782. The Kier molecular flexibility index (Phi) is 5.38. The topological polar surface area (TPSA) is 61.8 Å². The number of amides is 1. The van der Waals surface area contributed by atoms with Crippen LogP contribution in [-0.4, -0.2) is 49.2 Å². The summed E-state index contributed by atoms with van der Waals surface area (Å²) < 4.78 is 5.10. The number of rotatable bonds is 7. The standard InChI is InChI=1S/C15H22N2O3/c1-20-13-6-4-12(5-7-13)15(19)14(16-11-18)10-17-8-2-3-9-17/h4-7,11,14-15,19H,2-3,8-10H2,1H3,(H,16,18)/t14-,15-/m1/s1. The highest BCUT2D eigenvalue weighted by atomic mass is 16.5. The van der Waals surface area contributed by atoms with Gasteiger partial charge in [-0.1, -0.05) is 12.1 Å². The van der Waals surface area contributed by atoms with Gasteiger partial charge in [0.1, 0.15) is 11.9 Å². The molecule has 0 unspecified atom stereocenters. The molecular formula is C15H22N2O3. The van der Waals surface area contributed by atoms with E-state index in [4.69, 9.17) is 4.74 Å². The third-order valence-electron chi connectivity index (χ3n) is 3.77. The number of carbonyl (C=O) groups excluding carboxylic acids is 1. The minimum atomic E-state index is -0.716. The Balaban J connectivity index is 2.03. The Labute approximate surface area is 119 Å². The van der Waals surface area contributed by atoms with E-state index in [-0.39, 0.29) is 6.04 Å². The minimum absolute atomic E-state index is 0.293. The normalized spacial score (nSPS) is 18.5. The lowest BCUT2D eigenvalue weighted by molar-refractivity contribution is -0.111. The van der Waals surface area contributed by atoms with Crippen LogP contribution in [0.1, 0.15) is 24.5 Å². The summed E-state index contributed by atoms with van der Waals surface area (Å²) in [5, 5.41) is 13.2. The zero-order chi connectivity index (χ0) is 14.4. The Bertz CT molecular complexity index is 416. The Morgan fingerprint density at radius 3 is 2.55 bits per heavy atom. The highest BCUT2D eigenvalue weighted by Gasteiger charge is 2.24. The third kappa shape index (κ3) is 3.71. The van der Waals surface area contributed by atoms with Crippen LogP contribution in [0.5, 0.6) is 5.75 Å². The van der Waals surface area contributed by atoms with Crippen molar-refractivity contribution in [3.8, 4) is 5.75 Å². The summed E-state index contributed by atoms with van der Waals surface area (Å²) in [6.07, 6.45) is 2.32. The molecule has 1 heterocycles. The van der Waals surface area contributed by atoms with Crippen molar-refractivity contribution in [1.29, 1.82) is 0 Å². The molecule has 1 aliphatic rings. The van der Waals surface area contributed by atoms with Crippen LogP contribution in [0.25, 0.3) is 0 Å². The van der Waals surface area contributed by atoms with Crippen LogP contribution in [0.3, 0.4) is 0 Å². The number of hydrogen-bond acceptors (Lipinski definition) is 4. The highest BCUT2D eigenvalue weighted by Crippen LogP contribution is 2.21. The molecule has 5 nitrogen and oxygen atoms in total. The zero-order valence-electron chi connectivity index (χ0n) is 11.8. The average molecular weight is 278 g/mol. The van der Waals surface area contributed by atoms with Crippen molar-refractivity contribution in [3.63, 3.8) is 0 Å². The molecule has 1 amide bonds. The van der Waals surface area contributed by atoms with Crippen molar-refractivity contribution in [2.24, 2.45) is 0 Å². The van der Waals surface area contributed by atoms with Gasteiger partial charge in [-0.15, -0.1) is 0 Å². The second-order valence-corrected chi connectivity index (χ2v) is 5.12. The van der Waals surface area contributed by atoms with E-state index in [0.29, 0.717) is 13.0 Å². The summed E-state index contributed by atoms with van der Waals surface area (Å²) in [4.78, 5) is 13.0. The first-order chi connectivity index (χ1) is 9.74.